The zero-order valence-electron chi connectivity index (χ0n) is 18.5. The summed E-state index contributed by atoms with van der Waals surface area (Å²) in [5.41, 5.74) is 2.39. The van der Waals surface area contributed by atoms with Crippen molar-refractivity contribution < 1.29 is 14.2 Å². The van der Waals surface area contributed by atoms with Gasteiger partial charge in [0.05, 0.1) is 6.61 Å². The van der Waals surface area contributed by atoms with E-state index in [1.807, 2.05) is 0 Å². The molecule has 170 valence electrons. The Hall–Kier alpha value is -1.06. The summed E-state index contributed by atoms with van der Waals surface area (Å²) < 4.78 is 17.3. The molecular formula is C23H38IN3O3. The number of nitrogens with one attached hydrogen (secondary N) is 2. The molecule has 2 N–H and O–H groups in total. The van der Waals surface area contributed by atoms with Crippen LogP contribution in [0.5, 0.6) is 5.75 Å². The van der Waals surface area contributed by atoms with Crippen molar-refractivity contribution in [1.29, 1.82) is 0 Å². The maximum atomic E-state index is 6.06. The Morgan fingerprint density at radius 1 is 1.10 bits per heavy atom. The number of benzene rings is 1. The molecular weight excluding hydrogens is 493 g/mol. The number of aliphatic imine (C=N–C) groups is 1. The summed E-state index contributed by atoms with van der Waals surface area (Å²) in [6.07, 6.45) is 5.81. The summed E-state index contributed by atoms with van der Waals surface area (Å²) in [7, 11) is 1.80. The molecule has 0 aromatic heterocycles. The Bertz CT molecular complexity index is 647. The molecule has 1 aliphatic carbocycles. The van der Waals surface area contributed by atoms with Crippen molar-refractivity contribution in [3.05, 3.63) is 29.3 Å². The van der Waals surface area contributed by atoms with E-state index in [1.165, 1.54) is 24.0 Å². The van der Waals surface area contributed by atoms with Crippen molar-refractivity contribution in [3.63, 3.8) is 0 Å². The minimum Gasteiger partial charge on any atom is -0.493 e. The molecule has 2 fully saturated rings. The van der Waals surface area contributed by atoms with E-state index >= 15 is 0 Å². The molecule has 0 amide bonds. The molecule has 3 rings (SSSR count). The van der Waals surface area contributed by atoms with E-state index in [0.29, 0.717) is 12.5 Å². The lowest BCUT2D eigenvalue weighted by Gasteiger charge is -2.21. The van der Waals surface area contributed by atoms with E-state index in [0.717, 1.165) is 76.5 Å². The van der Waals surface area contributed by atoms with Gasteiger partial charge in [0.1, 0.15) is 5.75 Å². The fraction of sp³-hybridized carbons (Fsp3) is 0.696. The average Bonchev–Trinajstić information content (AvgIpc) is 3.57. The minimum atomic E-state index is 0. The molecule has 1 aromatic rings. The number of nitrogens with zero attached hydrogens (tertiary/aromatic N) is 1. The third kappa shape index (κ3) is 9.39. The second kappa shape index (κ2) is 14.1. The smallest absolute Gasteiger partial charge is 0.191 e. The normalized spacial score (nSPS) is 17.3. The molecule has 1 aliphatic heterocycles. The largest absolute Gasteiger partial charge is 0.493 e. The molecule has 0 radical (unpaired) electrons. The van der Waals surface area contributed by atoms with E-state index in [1.54, 1.807) is 7.05 Å². The topological polar surface area (TPSA) is 64.1 Å². The number of halogens is 1. The average molecular weight is 531 g/mol. The second-order valence-electron chi connectivity index (χ2n) is 8.20. The van der Waals surface area contributed by atoms with Crippen molar-refractivity contribution in [2.45, 2.75) is 45.6 Å². The first-order valence-corrected chi connectivity index (χ1v) is 11.1. The van der Waals surface area contributed by atoms with E-state index in [4.69, 9.17) is 14.2 Å². The van der Waals surface area contributed by atoms with Crippen LogP contribution >= 0.6 is 24.0 Å². The number of aryl methyl sites for hydroxylation is 1. The maximum absolute atomic E-state index is 6.06. The van der Waals surface area contributed by atoms with Crippen LogP contribution in [0.2, 0.25) is 0 Å². The molecule has 6 nitrogen and oxygen atoms in total. The predicted molar refractivity (Wildman–Crippen MR) is 132 cm³/mol. The van der Waals surface area contributed by atoms with Gasteiger partial charge in [0.2, 0.25) is 0 Å². The predicted octanol–water partition coefficient (Wildman–Crippen LogP) is 3.90. The van der Waals surface area contributed by atoms with Gasteiger partial charge in [0, 0.05) is 52.1 Å². The lowest BCUT2D eigenvalue weighted by molar-refractivity contribution is 0.0203. The molecule has 0 bridgehead atoms. The second-order valence-corrected chi connectivity index (χ2v) is 8.20. The van der Waals surface area contributed by atoms with Crippen LogP contribution in [0.4, 0.5) is 0 Å². The summed E-state index contributed by atoms with van der Waals surface area (Å²) in [6, 6.07) is 6.40. The van der Waals surface area contributed by atoms with Crippen LogP contribution in [0, 0.1) is 18.8 Å². The number of hydrogen-bond acceptors (Lipinski definition) is 4. The lowest BCUT2D eigenvalue weighted by Crippen LogP contribution is -2.37. The Morgan fingerprint density at radius 2 is 1.87 bits per heavy atom. The van der Waals surface area contributed by atoms with Crippen LogP contribution < -0.4 is 15.4 Å². The summed E-state index contributed by atoms with van der Waals surface area (Å²) in [6.45, 7) is 7.86. The van der Waals surface area contributed by atoms with E-state index in [9.17, 15) is 0 Å². The highest BCUT2D eigenvalue weighted by molar-refractivity contribution is 14.0. The first-order chi connectivity index (χ1) is 14.2. The monoisotopic (exact) mass is 531 g/mol. The summed E-state index contributed by atoms with van der Waals surface area (Å²) in [4.78, 5) is 4.32. The third-order valence-corrected chi connectivity index (χ3v) is 5.52. The van der Waals surface area contributed by atoms with Crippen LogP contribution in [-0.4, -0.2) is 52.6 Å². The molecule has 0 atom stereocenters. The fourth-order valence-corrected chi connectivity index (χ4v) is 3.38. The zero-order chi connectivity index (χ0) is 20.3. The van der Waals surface area contributed by atoms with E-state index < -0.39 is 0 Å². The Morgan fingerprint density at radius 3 is 2.60 bits per heavy atom. The van der Waals surface area contributed by atoms with Crippen molar-refractivity contribution in [2.24, 2.45) is 16.8 Å². The van der Waals surface area contributed by atoms with Crippen LogP contribution in [0.1, 0.15) is 43.2 Å². The quantitative estimate of drug-likeness (QED) is 0.196. The molecule has 7 heteroatoms. The van der Waals surface area contributed by atoms with Gasteiger partial charge in [-0.25, -0.2) is 0 Å². The van der Waals surface area contributed by atoms with Crippen LogP contribution in [0.25, 0.3) is 0 Å². The van der Waals surface area contributed by atoms with Crippen LogP contribution in [0.3, 0.4) is 0 Å². The Kier molecular flexibility index (Phi) is 11.8. The molecule has 1 heterocycles. The van der Waals surface area contributed by atoms with Crippen molar-refractivity contribution in [2.75, 3.05) is 46.6 Å². The van der Waals surface area contributed by atoms with Crippen molar-refractivity contribution in [3.8, 4) is 5.75 Å². The standard InChI is InChI=1S/C23H37N3O3.HI/c1-18-4-7-21(22(14-18)29-17-19-5-6-19)15-26-23(24-2)25-10-3-11-28-16-20-8-12-27-13-9-20;/h4,7,14,19-20H,3,5-6,8-13,15-17H2,1-2H3,(H2,24,25,26);1H. The fourth-order valence-electron chi connectivity index (χ4n) is 3.38. The van der Waals surface area contributed by atoms with Gasteiger partial charge in [0.15, 0.2) is 5.96 Å². The molecule has 0 unspecified atom stereocenters. The van der Waals surface area contributed by atoms with Crippen molar-refractivity contribution in [1.82, 2.24) is 10.6 Å². The highest BCUT2D eigenvalue weighted by Gasteiger charge is 2.22. The highest BCUT2D eigenvalue weighted by Crippen LogP contribution is 2.30. The molecule has 2 aliphatic rings. The SMILES string of the molecule is CN=C(NCCCOCC1CCOCC1)NCc1ccc(C)cc1OCC1CC1.I. The maximum Gasteiger partial charge on any atom is 0.191 e. The number of guanidine groups is 1. The van der Waals surface area contributed by atoms with Gasteiger partial charge in [-0.3, -0.25) is 4.99 Å². The third-order valence-electron chi connectivity index (χ3n) is 5.52. The molecule has 1 saturated heterocycles. The summed E-state index contributed by atoms with van der Waals surface area (Å²) >= 11 is 0. The minimum absolute atomic E-state index is 0. The van der Waals surface area contributed by atoms with Gasteiger partial charge in [-0.2, -0.15) is 0 Å². The number of hydrogen-bond donors (Lipinski definition) is 2. The van der Waals surface area contributed by atoms with Gasteiger partial charge in [-0.1, -0.05) is 12.1 Å². The Balaban J connectivity index is 0.00000320. The van der Waals surface area contributed by atoms with E-state index in [2.05, 4.69) is 40.7 Å². The van der Waals surface area contributed by atoms with Gasteiger partial charge in [-0.15, -0.1) is 24.0 Å². The van der Waals surface area contributed by atoms with Crippen molar-refractivity contribution >= 4 is 29.9 Å². The van der Waals surface area contributed by atoms with Gasteiger partial charge in [-0.05, 0) is 62.5 Å². The summed E-state index contributed by atoms with van der Waals surface area (Å²) in [5, 5.41) is 6.76. The lowest BCUT2D eigenvalue weighted by atomic mass is 10.0. The van der Waals surface area contributed by atoms with E-state index in [-0.39, 0.29) is 24.0 Å². The summed E-state index contributed by atoms with van der Waals surface area (Å²) in [5.74, 6) is 3.21. The van der Waals surface area contributed by atoms with Gasteiger partial charge in [0.25, 0.3) is 0 Å². The molecule has 30 heavy (non-hydrogen) atoms. The zero-order valence-corrected chi connectivity index (χ0v) is 20.8. The number of ether oxygens (including phenoxy) is 3. The molecule has 1 aromatic carbocycles. The molecule has 1 saturated carbocycles. The first kappa shape index (κ1) is 25.2. The number of rotatable bonds is 11. The molecule has 0 spiro atoms. The first-order valence-electron chi connectivity index (χ1n) is 11.1. The van der Waals surface area contributed by atoms with Crippen LogP contribution in [0.15, 0.2) is 23.2 Å². The highest BCUT2D eigenvalue weighted by atomic mass is 127. The van der Waals surface area contributed by atoms with Gasteiger partial charge >= 0.3 is 0 Å². The van der Waals surface area contributed by atoms with Crippen LogP contribution in [-0.2, 0) is 16.0 Å². The van der Waals surface area contributed by atoms with Gasteiger partial charge < -0.3 is 24.8 Å². The Labute approximate surface area is 198 Å².